The minimum absolute atomic E-state index is 0.302. The molecule has 0 amide bonds. The topological polar surface area (TPSA) is 40.5 Å². The Hall–Kier alpha value is -0.410. The Balaban J connectivity index is 1.76. The summed E-state index contributed by atoms with van der Waals surface area (Å²) in [6.07, 6.45) is 8.63. The zero-order valence-electron chi connectivity index (χ0n) is 11.0. The molecule has 3 nitrogen and oxygen atoms in total. The van der Waals surface area contributed by atoms with Crippen LogP contribution in [0.2, 0.25) is 0 Å². The number of carbonyl (C=O) groups excluding carboxylic acids is 1. The highest BCUT2D eigenvalue weighted by Crippen LogP contribution is 2.30. The summed E-state index contributed by atoms with van der Waals surface area (Å²) < 4.78 is 0. The number of hydrogen-bond acceptors (Lipinski definition) is 3. The zero-order valence-corrected chi connectivity index (χ0v) is 11.0. The van der Waals surface area contributed by atoms with Crippen LogP contribution in [0.15, 0.2) is 0 Å². The highest BCUT2D eigenvalue weighted by molar-refractivity contribution is 5.83. The first-order valence-corrected chi connectivity index (χ1v) is 7.03. The number of rotatable bonds is 5. The van der Waals surface area contributed by atoms with Crippen molar-refractivity contribution in [3.63, 3.8) is 0 Å². The molecule has 0 saturated heterocycles. The highest BCUT2D eigenvalue weighted by Gasteiger charge is 2.33. The molecule has 17 heavy (non-hydrogen) atoms. The molecule has 0 aromatic carbocycles. The van der Waals surface area contributed by atoms with E-state index in [4.69, 9.17) is 0 Å². The molecule has 0 bridgehead atoms. The predicted octanol–water partition coefficient (Wildman–Crippen LogP) is 1.98. The summed E-state index contributed by atoms with van der Waals surface area (Å²) in [7, 11) is 1.96. The molecular formula is C14H25NO2. The Labute approximate surface area is 104 Å². The van der Waals surface area contributed by atoms with Crippen LogP contribution in [0.5, 0.6) is 0 Å². The molecule has 0 radical (unpaired) electrons. The van der Waals surface area contributed by atoms with Crippen molar-refractivity contribution in [3.8, 4) is 0 Å². The van der Waals surface area contributed by atoms with Gasteiger partial charge >= 0.3 is 0 Å². The maximum absolute atomic E-state index is 12.0. The molecule has 2 saturated carbocycles. The third-order valence-corrected chi connectivity index (χ3v) is 4.33. The van der Waals surface area contributed by atoms with Crippen LogP contribution in [0.25, 0.3) is 0 Å². The summed E-state index contributed by atoms with van der Waals surface area (Å²) in [4.78, 5) is 14.0. The van der Waals surface area contributed by atoms with E-state index in [1.54, 1.807) is 0 Å². The van der Waals surface area contributed by atoms with E-state index in [-0.39, 0.29) is 0 Å². The van der Waals surface area contributed by atoms with Crippen molar-refractivity contribution in [2.45, 2.75) is 57.0 Å². The molecule has 3 heteroatoms. The largest absolute Gasteiger partial charge is 0.389 e. The minimum atomic E-state index is -0.523. The lowest BCUT2D eigenvalue weighted by Gasteiger charge is -2.28. The van der Waals surface area contributed by atoms with Crippen molar-refractivity contribution in [2.24, 2.45) is 5.92 Å². The number of hydrogen-bond donors (Lipinski definition) is 1. The number of carbonyl (C=O) groups is 1. The van der Waals surface area contributed by atoms with E-state index in [1.165, 1.54) is 12.8 Å². The second-order valence-corrected chi connectivity index (χ2v) is 6.05. The molecule has 0 aliphatic heterocycles. The first kappa shape index (κ1) is 13.0. The Bertz CT molecular complexity index is 265. The zero-order chi connectivity index (χ0) is 12.3. The van der Waals surface area contributed by atoms with Gasteiger partial charge in [-0.3, -0.25) is 9.69 Å². The molecule has 0 aromatic heterocycles. The molecule has 2 aliphatic carbocycles. The van der Waals surface area contributed by atoms with Gasteiger partial charge in [0.25, 0.3) is 0 Å². The van der Waals surface area contributed by atoms with E-state index in [2.05, 4.69) is 0 Å². The van der Waals surface area contributed by atoms with Gasteiger partial charge in [0, 0.05) is 12.5 Å². The second-order valence-electron chi connectivity index (χ2n) is 6.05. The molecule has 1 N–H and O–H groups in total. The smallest absolute Gasteiger partial charge is 0.149 e. The lowest BCUT2D eigenvalue weighted by atomic mass is 10.00. The van der Waals surface area contributed by atoms with E-state index in [0.717, 1.165) is 38.5 Å². The molecule has 2 fully saturated rings. The Morgan fingerprint density at radius 2 is 1.82 bits per heavy atom. The lowest BCUT2D eigenvalue weighted by Crippen LogP contribution is -2.42. The number of nitrogens with zero attached hydrogens (tertiary/aromatic N) is 1. The Morgan fingerprint density at radius 1 is 1.24 bits per heavy atom. The van der Waals surface area contributed by atoms with E-state index < -0.39 is 5.60 Å². The summed E-state index contributed by atoms with van der Waals surface area (Å²) in [6.45, 7) is 1.18. The van der Waals surface area contributed by atoms with E-state index in [9.17, 15) is 9.90 Å². The van der Waals surface area contributed by atoms with Crippen LogP contribution in [0.3, 0.4) is 0 Å². The van der Waals surface area contributed by atoms with Crippen LogP contribution in [-0.4, -0.2) is 41.5 Å². The van der Waals surface area contributed by atoms with E-state index >= 15 is 0 Å². The maximum Gasteiger partial charge on any atom is 0.149 e. The molecule has 0 unspecified atom stereocenters. The van der Waals surface area contributed by atoms with Gasteiger partial charge in [0.15, 0.2) is 0 Å². The van der Waals surface area contributed by atoms with Gasteiger partial charge in [-0.2, -0.15) is 0 Å². The maximum atomic E-state index is 12.0. The molecule has 2 aliphatic rings. The van der Waals surface area contributed by atoms with Crippen LogP contribution < -0.4 is 0 Å². The molecule has 0 heterocycles. The van der Waals surface area contributed by atoms with Crippen molar-refractivity contribution >= 4 is 5.78 Å². The molecule has 0 spiro atoms. The SMILES string of the molecule is CN(CC(=O)C1CCCC1)CC1(O)CCCC1. The quantitative estimate of drug-likeness (QED) is 0.797. The summed E-state index contributed by atoms with van der Waals surface area (Å²) in [5.74, 6) is 0.683. The highest BCUT2D eigenvalue weighted by atomic mass is 16.3. The van der Waals surface area contributed by atoms with E-state index in [0.29, 0.717) is 24.8 Å². The molecule has 0 aromatic rings. The number of ketones is 1. The van der Waals surface area contributed by atoms with Gasteiger partial charge in [-0.1, -0.05) is 25.7 Å². The fraction of sp³-hybridized carbons (Fsp3) is 0.929. The van der Waals surface area contributed by atoms with Crippen LogP contribution in [0.4, 0.5) is 0 Å². The molecule has 98 valence electrons. The van der Waals surface area contributed by atoms with E-state index in [1.807, 2.05) is 11.9 Å². The predicted molar refractivity (Wildman–Crippen MR) is 67.9 cm³/mol. The average Bonchev–Trinajstić information content (AvgIpc) is 2.88. The van der Waals surface area contributed by atoms with Crippen LogP contribution >= 0.6 is 0 Å². The Morgan fingerprint density at radius 3 is 2.41 bits per heavy atom. The third kappa shape index (κ3) is 3.52. The van der Waals surface area contributed by atoms with Crippen molar-refractivity contribution < 1.29 is 9.90 Å². The average molecular weight is 239 g/mol. The summed E-state index contributed by atoms with van der Waals surface area (Å²) in [6, 6.07) is 0. The first-order chi connectivity index (χ1) is 8.09. The molecule has 0 atom stereocenters. The number of Topliss-reactive ketones (excluding diaryl/α,β-unsaturated/α-hetero) is 1. The van der Waals surface area contributed by atoms with Crippen LogP contribution in [-0.2, 0) is 4.79 Å². The Kier molecular flexibility index (Phi) is 4.21. The molecule has 2 rings (SSSR count). The van der Waals surface area contributed by atoms with Gasteiger partial charge in [0.05, 0.1) is 12.1 Å². The van der Waals surface area contributed by atoms with Crippen molar-refractivity contribution in [3.05, 3.63) is 0 Å². The normalized spacial score (nSPS) is 24.6. The first-order valence-electron chi connectivity index (χ1n) is 7.03. The summed E-state index contributed by atoms with van der Waals surface area (Å²) >= 11 is 0. The van der Waals surface area contributed by atoms with Crippen molar-refractivity contribution in [1.29, 1.82) is 0 Å². The minimum Gasteiger partial charge on any atom is -0.389 e. The van der Waals surface area contributed by atoms with Crippen LogP contribution in [0.1, 0.15) is 51.4 Å². The monoisotopic (exact) mass is 239 g/mol. The number of likely N-dealkylation sites (N-methyl/N-ethyl adjacent to an activating group) is 1. The standard InChI is InChI=1S/C14H25NO2/c1-15(11-14(17)8-4-5-9-14)10-13(16)12-6-2-3-7-12/h12,17H,2-11H2,1H3. The van der Waals surface area contributed by atoms with Crippen LogP contribution in [0, 0.1) is 5.92 Å². The van der Waals surface area contributed by atoms with Gasteiger partial charge < -0.3 is 5.11 Å². The summed E-state index contributed by atoms with van der Waals surface area (Å²) in [5.41, 5.74) is -0.523. The van der Waals surface area contributed by atoms with Gasteiger partial charge in [-0.05, 0) is 32.7 Å². The fourth-order valence-corrected chi connectivity index (χ4v) is 3.39. The van der Waals surface area contributed by atoms with Gasteiger partial charge in [-0.25, -0.2) is 0 Å². The van der Waals surface area contributed by atoms with Gasteiger partial charge in [-0.15, -0.1) is 0 Å². The summed E-state index contributed by atoms with van der Waals surface area (Å²) in [5, 5.41) is 10.3. The van der Waals surface area contributed by atoms with Gasteiger partial charge in [0.2, 0.25) is 0 Å². The fourth-order valence-electron chi connectivity index (χ4n) is 3.39. The molecular weight excluding hydrogens is 214 g/mol. The lowest BCUT2D eigenvalue weighted by molar-refractivity contribution is -0.124. The van der Waals surface area contributed by atoms with Crippen molar-refractivity contribution in [1.82, 2.24) is 4.90 Å². The number of aliphatic hydroxyl groups is 1. The van der Waals surface area contributed by atoms with Crippen molar-refractivity contribution in [2.75, 3.05) is 20.1 Å². The van der Waals surface area contributed by atoms with Gasteiger partial charge in [0.1, 0.15) is 5.78 Å². The second kappa shape index (κ2) is 5.49. The third-order valence-electron chi connectivity index (χ3n) is 4.33.